The standard InChI is InChI=1S/C12H16FNO2.ClH/c1-15-11-4-9(3-10(7-13)8-14)5-12(6-11)16-2;/h4-7H,3,8,14H2,1-2H3;1H/b10-7+;. The normalized spacial score (nSPS) is 10.7. The van der Waals surface area contributed by atoms with Gasteiger partial charge in [-0.3, -0.25) is 0 Å². The average Bonchev–Trinajstić information content (AvgIpc) is 2.35. The van der Waals surface area contributed by atoms with E-state index in [1.165, 1.54) is 0 Å². The minimum absolute atomic E-state index is 0. The van der Waals surface area contributed by atoms with Gasteiger partial charge in [-0.1, -0.05) is 0 Å². The van der Waals surface area contributed by atoms with E-state index in [2.05, 4.69) is 0 Å². The third kappa shape index (κ3) is 4.63. The summed E-state index contributed by atoms with van der Waals surface area (Å²) in [6, 6.07) is 5.44. The number of ether oxygens (including phenoxy) is 2. The molecule has 0 spiro atoms. The number of methoxy groups -OCH3 is 2. The summed E-state index contributed by atoms with van der Waals surface area (Å²) in [6.07, 6.45) is 1.01. The Morgan fingerprint density at radius 3 is 2.12 bits per heavy atom. The summed E-state index contributed by atoms with van der Waals surface area (Å²) < 4.78 is 22.6. The highest BCUT2D eigenvalue weighted by Gasteiger charge is 2.04. The maximum atomic E-state index is 12.4. The maximum absolute atomic E-state index is 12.4. The van der Waals surface area contributed by atoms with Gasteiger partial charge in [0.2, 0.25) is 0 Å². The van der Waals surface area contributed by atoms with Crippen molar-refractivity contribution in [3.63, 3.8) is 0 Å². The zero-order valence-corrected chi connectivity index (χ0v) is 10.7. The van der Waals surface area contributed by atoms with E-state index >= 15 is 0 Å². The van der Waals surface area contributed by atoms with Crippen molar-refractivity contribution >= 4 is 12.4 Å². The molecular formula is C12H17ClFNO2. The highest BCUT2D eigenvalue weighted by Crippen LogP contribution is 2.23. The van der Waals surface area contributed by atoms with Crippen molar-refractivity contribution < 1.29 is 13.9 Å². The van der Waals surface area contributed by atoms with Crippen LogP contribution in [-0.4, -0.2) is 20.8 Å². The predicted octanol–water partition coefficient (Wildman–Crippen LogP) is 2.48. The number of benzene rings is 1. The Kier molecular flexibility index (Phi) is 7.34. The van der Waals surface area contributed by atoms with Gasteiger partial charge >= 0.3 is 0 Å². The molecule has 1 aromatic rings. The fourth-order valence-electron chi connectivity index (χ4n) is 1.39. The molecule has 0 aliphatic carbocycles. The molecule has 0 radical (unpaired) electrons. The second kappa shape index (κ2) is 7.92. The smallest absolute Gasteiger partial charge is 0.122 e. The van der Waals surface area contributed by atoms with Gasteiger partial charge in [0.05, 0.1) is 20.5 Å². The van der Waals surface area contributed by atoms with Crippen molar-refractivity contribution in [3.05, 3.63) is 35.7 Å². The lowest BCUT2D eigenvalue weighted by atomic mass is 10.1. The van der Waals surface area contributed by atoms with Gasteiger partial charge in [0.25, 0.3) is 0 Å². The minimum Gasteiger partial charge on any atom is -0.497 e. The summed E-state index contributed by atoms with van der Waals surface area (Å²) in [5.41, 5.74) is 6.85. The van der Waals surface area contributed by atoms with E-state index in [9.17, 15) is 4.39 Å². The molecule has 0 unspecified atom stereocenters. The zero-order valence-electron chi connectivity index (χ0n) is 9.90. The quantitative estimate of drug-likeness (QED) is 0.886. The molecule has 0 saturated heterocycles. The summed E-state index contributed by atoms with van der Waals surface area (Å²) in [5.74, 6) is 1.37. The van der Waals surface area contributed by atoms with E-state index in [0.717, 1.165) is 5.56 Å². The van der Waals surface area contributed by atoms with Crippen LogP contribution < -0.4 is 15.2 Å². The number of halogens is 2. The molecule has 0 heterocycles. The van der Waals surface area contributed by atoms with Gasteiger partial charge in [-0.05, 0) is 29.7 Å². The topological polar surface area (TPSA) is 44.5 Å². The number of hydrogen-bond acceptors (Lipinski definition) is 3. The molecule has 0 atom stereocenters. The van der Waals surface area contributed by atoms with Crippen LogP contribution in [0.1, 0.15) is 5.56 Å². The summed E-state index contributed by atoms with van der Waals surface area (Å²) in [5, 5.41) is 0. The van der Waals surface area contributed by atoms with Gasteiger partial charge in [0, 0.05) is 12.6 Å². The number of rotatable bonds is 5. The maximum Gasteiger partial charge on any atom is 0.122 e. The van der Waals surface area contributed by atoms with Gasteiger partial charge < -0.3 is 15.2 Å². The monoisotopic (exact) mass is 261 g/mol. The Morgan fingerprint density at radius 2 is 1.76 bits per heavy atom. The molecule has 0 aliphatic heterocycles. The summed E-state index contributed by atoms with van der Waals surface area (Å²) in [4.78, 5) is 0. The van der Waals surface area contributed by atoms with E-state index in [1.54, 1.807) is 20.3 Å². The van der Waals surface area contributed by atoms with Crippen molar-refractivity contribution in [2.45, 2.75) is 6.42 Å². The first-order valence-electron chi connectivity index (χ1n) is 4.93. The largest absolute Gasteiger partial charge is 0.497 e. The van der Waals surface area contributed by atoms with E-state index in [-0.39, 0.29) is 19.0 Å². The molecule has 0 aliphatic rings. The lowest BCUT2D eigenvalue weighted by Crippen LogP contribution is -2.05. The fourth-order valence-corrected chi connectivity index (χ4v) is 1.39. The van der Waals surface area contributed by atoms with Crippen molar-refractivity contribution in [3.8, 4) is 11.5 Å². The SMILES string of the molecule is COc1cc(C/C(=C\F)CN)cc(OC)c1.Cl. The minimum atomic E-state index is 0. The van der Waals surface area contributed by atoms with Crippen molar-refractivity contribution in [2.75, 3.05) is 20.8 Å². The number of nitrogens with two attached hydrogens (primary N) is 1. The zero-order chi connectivity index (χ0) is 12.0. The van der Waals surface area contributed by atoms with Gasteiger partial charge in [0.15, 0.2) is 0 Å². The van der Waals surface area contributed by atoms with E-state index < -0.39 is 0 Å². The van der Waals surface area contributed by atoms with Crippen molar-refractivity contribution in [1.29, 1.82) is 0 Å². The van der Waals surface area contributed by atoms with Gasteiger partial charge in [-0.15, -0.1) is 12.4 Å². The Hall–Kier alpha value is -1.26. The molecule has 96 valence electrons. The van der Waals surface area contributed by atoms with Gasteiger partial charge in [-0.25, -0.2) is 4.39 Å². The van der Waals surface area contributed by atoms with Crippen LogP contribution in [0, 0.1) is 0 Å². The van der Waals surface area contributed by atoms with Crippen LogP contribution >= 0.6 is 12.4 Å². The molecule has 17 heavy (non-hydrogen) atoms. The van der Waals surface area contributed by atoms with Crippen LogP contribution in [0.2, 0.25) is 0 Å². The van der Waals surface area contributed by atoms with Crippen molar-refractivity contribution in [1.82, 2.24) is 0 Å². The molecule has 3 nitrogen and oxygen atoms in total. The number of hydrogen-bond donors (Lipinski definition) is 1. The molecule has 1 aromatic carbocycles. The Morgan fingerprint density at radius 1 is 1.24 bits per heavy atom. The van der Waals surface area contributed by atoms with Gasteiger partial charge in [0.1, 0.15) is 11.5 Å². The van der Waals surface area contributed by atoms with E-state index in [4.69, 9.17) is 15.2 Å². The van der Waals surface area contributed by atoms with E-state index in [1.807, 2.05) is 12.1 Å². The predicted molar refractivity (Wildman–Crippen MR) is 68.7 cm³/mol. The first-order chi connectivity index (χ1) is 7.73. The lowest BCUT2D eigenvalue weighted by molar-refractivity contribution is 0.393. The van der Waals surface area contributed by atoms with Crippen LogP contribution in [0.3, 0.4) is 0 Å². The Labute approximate surface area is 107 Å². The van der Waals surface area contributed by atoms with E-state index in [0.29, 0.717) is 29.8 Å². The second-order valence-corrected chi connectivity index (χ2v) is 3.37. The lowest BCUT2D eigenvalue weighted by Gasteiger charge is -2.09. The van der Waals surface area contributed by atoms with Crippen LogP contribution in [-0.2, 0) is 6.42 Å². The first-order valence-corrected chi connectivity index (χ1v) is 4.93. The van der Waals surface area contributed by atoms with Crippen LogP contribution in [0.4, 0.5) is 4.39 Å². The first kappa shape index (κ1) is 15.7. The molecule has 0 saturated carbocycles. The summed E-state index contributed by atoms with van der Waals surface area (Å²) in [6.45, 7) is 0.204. The highest BCUT2D eigenvalue weighted by molar-refractivity contribution is 5.85. The Balaban J connectivity index is 0.00000256. The molecule has 0 aromatic heterocycles. The van der Waals surface area contributed by atoms with Crippen molar-refractivity contribution in [2.24, 2.45) is 5.73 Å². The average molecular weight is 262 g/mol. The molecule has 0 fully saturated rings. The molecule has 2 N–H and O–H groups in total. The van der Waals surface area contributed by atoms with Crippen LogP contribution in [0.5, 0.6) is 11.5 Å². The van der Waals surface area contributed by atoms with Crippen LogP contribution in [0.25, 0.3) is 0 Å². The van der Waals surface area contributed by atoms with Gasteiger partial charge in [-0.2, -0.15) is 0 Å². The molecule has 5 heteroatoms. The summed E-state index contributed by atoms with van der Waals surface area (Å²) >= 11 is 0. The molecular weight excluding hydrogens is 245 g/mol. The summed E-state index contributed by atoms with van der Waals surface area (Å²) in [7, 11) is 3.15. The molecule has 0 bridgehead atoms. The highest BCUT2D eigenvalue weighted by atomic mass is 35.5. The fraction of sp³-hybridized carbons (Fsp3) is 0.333. The Bertz CT molecular complexity index is 361. The van der Waals surface area contributed by atoms with Crippen LogP contribution in [0.15, 0.2) is 30.1 Å². The molecule has 0 amide bonds. The molecule has 1 rings (SSSR count). The third-order valence-electron chi connectivity index (χ3n) is 2.26. The second-order valence-electron chi connectivity index (χ2n) is 3.37. The third-order valence-corrected chi connectivity index (χ3v) is 2.26.